The molecule has 1 rings (SSSR count). The van der Waals surface area contributed by atoms with Gasteiger partial charge in [0.1, 0.15) is 0 Å². The Balaban J connectivity index is 2.51. The zero-order chi connectivity index (χ0) is 8.43. The lowest BCUT2D eigenvalue weighted by molar-refractivity contribution is -0.122. The van der Waals surface area contributed by atoms with Crippen LogP contribution in [0.3, 0.4) is 0 Å². The van der Waals surface area contributed by atoms with E-state index in [0.717, 1.165) is 24.1 Å². The smallest absolute Gasteiger partial charge is 0.321 e. The molecule has 0 aromatic rings. The first kappa shape index (κ1) is 7.78. The average Bonchev–Trinajstić information content (AvgIpc) is 2.82. The van der Waals surface area contributed by atoms with Crippen LogP contribution in [0, 0.1) is 0 Å². The molecule has 0 spiro atoms. The Kier molecular flexibility index (Phi) is 1.94. The molecule has 1 saturated heterocycles. The second-order valence-corrected chi connectivity index (χ2v) is 2.37. The molecule has 1 heterocycles. The first-order valence-electron chi connectivity index (χ1n) is 3.36. The van der Waals surface area contributed by atoms with Crippen LogP contribution < -0.4 is 0 Å². The molecule has 0 saturated carbocycles. The highest BCUT2D eigenvalue weighted by atomic mass is 16.2. The van der Waals surface area contributed by atoms with E-state index in [0.29, 0.717) is 0 Å². The molecule has 4 heteroatoms. The zero-order valence-electron chi connectivity index (χ0n) is 6.41. The summed E-state index contributed by atoms with van der Waals surface area (Å²) in [6.45, 7) is 4.80. The Morgan fingerprint density at radius 2 is 2.09 bits per heavy atom. The van der Waals surface area contributed by atoms with Crippen molar-refractivity contribution in [2.24, 2.45) is 0 Å². The topological polar surface area (TPSA) is 40.4 Å². The van der Waals surface area contributed by atoms with Gasteiger partial charge >= 0.3 is 6.03 Å². The Bertz CT molecular complexity index is 208. The van der Waals surface area contributed by atoms with E-state index < -0.39 is 0 Å². The van der Waals surface area contributed by atoms with Gasteiger partial charge in [-0.25, -0.2) is 4.79 Å². The van der Waals surface area contributed by atoms with E-state index in [9.17, 15) is 9.59 Å². The molecule has 0 aliphatic carbocycles. The number of amides is 3. The second kappa shape index (κ2) is 2.74. The fourth-order valence-electron chi connectivity index (χ4n) is 0.685. The summed E-state index contributed by atoms with van der Waals surface area (Å²) in [5.74, 6) is -0.359. The van der Waals surface area contributed by atoms with Gasteiger partial charge in [-0.15, -0.1) is 0 Å². The number of likely N-dealkylation sites (N-methyl/N-ethyl adjacent to an activating group) is 1. The van der Waals surface area contributed by atoms with Gasteiger partial charge in [-0.1, -0.05) is 6.58 Å². The van der Waals surface area contributed by atoms with Crippen LogP contribution in [-0.2, 0) is 4.79 Å². The third-order valence-corrected chi connectivity index (χ3v) is 1.51. The summed E-state index contributed by atoms with van der Waals surface area (Å²) in [5.41, 5.74) is 0. The minimum absolute atomic E-state index is 0.241. The molecule has 0 radical (unpaired) electrons. The first-order chi connectivity index (χ1) is 5.16. The van der Waals surface area contributed by atoms with Crippen LogP contribution in [0.5, 0.6) is 0 Å². The van der Waals surface area contributed by atoms with Crippen LogP contribution >= 0.6 is 0 Å². The molecule has 1 aliphatic rings. The summed E-state index contributed by atoms with van der Waals surface area (Å²) in [6, 6.07) is -0.241. The molecule has 0 unspecified atom stereocenters. The van der Waals surface area contributed by atoms with Crippen molar-refractivity contribution in [2.45, 2.75) is 0 Å². The molecule has 0 bridgehead atoms. The summed E-state index contributed by atoms with van der Waals surface area (Å²) < 4.78 is 0. The Morgan fingerprint density at radius 1 is 1.55 bits per heavy atom. The van der Waals surface area contributed by atoms with Crippen LogP contribution in [0.25, 0.3) is 0 Å². The molecule has 1 fully saturated rings. The van der Waals surface area contributed by atoms with E-state index in [4.69, 9.17) is 0 Å². The number of nitrogens with zero attached hydrogens (tertiary/aromatic N) is 2. The molecular formula is C7H10N2O2. The number of urea groups is 1. The van der Waals surface area contributed by atoms with Crippen molar-refractivity contribution in [1.29, 1.82) is 0 Å². The third-order valence-electron chi connectivity index (χ3n) is 1.51. The number of carbonyl (C=O) groups is 2. The monoisotopic (exact) mass is 154 g/mol. The summed E-state index contributed by atoms with van der Waals surface area (Å²) in [5, 5.41) is 0. The quantitative estimate of drug-likeness (QED) is 0.396. The molecule has 11 heavy (non-hydrogen) atoms. The molecule has 0 atom stereocenters. The molecule has 60 valence electrons. The van der Waals surface area contributed by atoms with Crippen molar-refractivity contribution in [3.8, 4) is 0 Å². The van der Waals surface area contributed by atoms with Gasteiger partial charge in [0.15, 0.2) is 0 Å². The van der Waals surface area contributed by atoms with Gasteiger partial charge in [-0.2, -0.15) is 0 Å². The molecule has 0 N–H and O–H groups in total. The Hall–Kier alpha value is -1.32. The van der Waals surface area contributed by atoms with E-state index >= 15 is 0 Å². The van der Waals surface area contributed by atoms with E-state index in [-0.39, 0.29) is 11.9 Å². The average molecular weight is 154 g/mol. The van der Waals surface area contributed by atoms with Gasteiger partial charge in [-0.05, 0) is 6.08 Å². The van der Waals surface area contributed by atoms with E-state index in [1.54, 1.807) is 4.90 Å². The number of hydrogen-bond donors (Lipinski definition) is 0. The highest BCUT2D eigenvalue weighted by Crippen LogP contribution is 2.07. The van der Waals surface area contributed by atoms with Crippen LogP contribution in [0.2, 0.25) is 0 Å². The highest BCUT2D eigenvalue weighted by Gasteiger charge is 2.28. The number of carbonyl (C=O) groups excluding carboxylic acids is 2. The van der Waals surface area contributed by atoms with E-state index in [1.807, 2.05) is 0 Å². The molecule has 0 aromatic carbocycles. The summed E-state index contributed by atoms with van der Waals surface area (Å²) >= 11 is 0. The van der Waals surface area contributed by atoms with Crippen molar-refractivity contribution < 1.29 is 9.59 Å². The number of imide groups is 1. The normalized spacial score (nSPS) is 14.1. The molecule has 4 nitrogen and oxygen atoms in total. The Morgan fingerprint density at radius 3 is 2.45 bits per heavy atom. The maximum atomic E-state index is 11.1. The van der Waals surface area contributed by atoms with Gasteiger partial charge in [0.2, 0.25) is 0 Å². The lowest BCUT2D eigenvalue weighted by atomic mass is 10.5. The molecule has 0 aromatic heterocycles. The van der Waals surface area contributed by atoms with Gasteiger partial charge in [0.25, 0.3) is 5.91 Å². The van der Waals surface area contributed by atoms with Crippen molar-refractivity contribution >= 4 is 11.9 Å². The van der Waals surface area contributed by atoms with Crippen molar-refractivity contribution in [1.82, 2.24) is 9.80 Å². The summed E-state index contributed by atoms with van der Waals surface area (Å²) in [6.07, 6.45) is 1.13. The number of hydrogen-bond acceptors (Lipinski definition) is 2. The summed E-state index contributed by atoms with van der Waals surface area (Å²) in [4.78, 5) is 24.6. The van der Waals surface area contributed by atoms with Crippen molar-refractivity contribution in [2.75, 3.05) is 20.1 Å². The van der Waals surface area contributed by atoms with Crippen LogP contribution in [-0.4, -0.2) is 41.9 Å². The van der Waals surface area contributed by atoms with E-state index in [1.165, 1.54) is 7.05 Å². The first-order valence-corrected chi connectivity index (χ1v) is 3.36. The van der Waals surface area contributed by atoms with Crippen molar-refractivity contribution in [3.63, 3.8) is 0 Å². The predicted octanol–water partition coefficient (Wildman–Crippen LogP) is 0.0664. The van der Waals surface area contributed by atoms with Gasteiger partial charge in [0.05, 0.1) is 0 Å². The predicted molar refractivity (Wildman–Crippen MR) is 39.9 cm³/mol. The SMILES string of the molecule is C=CC(=O)N(C)C(=O)N1CC1. The van der Waals surface area contributed by atoms with Crippen molar-refractivity contribution in [3.05, 3.63) is 12.7 Å². The fourth-order valence-corrected chi connectivity index (χ4v) is 0.685. The third kappa shape index (κ3) is 1.58. The van der Waals surface area contributed by atoms with Crippen LogP contribution in [0.1, 0.15) is 0 Å². The van der Waals surface area contributed by atoms with Gasteiger partial charge < -0.3 is 4.90 Å². The lowest BCUT2D eigenvalue weighted by Crippen LogP contribution is -2.35. The maximum Gasteiger partial charge on any atom is 0.326 e. The largest absolute Gasteiger partial charge is 0.326 e. The molecule has 3 amide bonds. The lowest BCUT2D eigenvalue weighted by Gasteiger charge is -2.12. The zero-order valence-corrected chi connectivity index (χ0v) is 6.41. The van der Waals surface area contributed by atoms with Gasteiger partial charge in [0, 0.05) is 20.1 Å². The summed E-state index contributed by atoms with van der Waals surface area (Å²) in [7, 11) is 1.45. The van der Waals surface area contributed by atoms with Crippen LogP contribution in [0.4, 0.5) is 4.79 Å². The van der Waals surface area contributed by atoms with Gasteiger partial charge in [-0.3, -0.25) is 9.69 Å². The van der Waals surface area contributed by atoms with Crippen LogP contribution in [0.15, 0.2) is 12.7 Å². The second-order valence-electron chi connectivity index (χ2n) is 2.37. The number of rotatable bonds is 1. The fraction of sp³-hybridized carbons (Fsp3) is 0.429. The standard InChI is InChI=1S/C7H10N2O2/c1-3-6(10)8(2)7(11)9-4-5-9/h3H,1,4-5H2,2H3. The minimum Gasteiger partial charge on any atom is -0.321 e. The molecule has 1 aliphatic heterocycles. The molecular weight excluding hydrogens is 144 g/mol. The highest BCUT2D eigenvalue weighted by molar-refractivity contribution is 6.00. The Labute approximate surface area is 65.1 Å². The maximum absolute atomic E-state index is 11.1. The van der Waals surface area contributed by atoms with E-state index in [2.05, 4.69) is 6.58 Å². The minimum atomic E-state index is -0.359.